The van der Waals surface area contributed by atoms with Gasteiger partial charge in [0, 0.05) is 0 Å². The van der Waals surface area contributed by atoms with Gasteiger partial charge in [0.25, 0.3) is 0 Å². The molecular formula is C5H2Cl2LiN. The summed E-state index contributed by atoms with van der Waals surface area (Å²) in [5, 5.41) is 0.874. The second-order valence-corrected chi connectivity index (χ2v) is 2.55. The van der Waals surface area contributed by atoms with Crippen molar-refractivity contribution in [3.05, 3.63) is 22.4 Å². The van der Waals surface area contributed by atoms with E-state index in [-0.39, 0.29) is 0 Å². The normalized spacial score (nSPS) is 9.78. The van der Waals surface area contributed by atoms with Gasteiger partial charge in [0.1, 0.15) is 0 Å². The molecule has 1 nitrogen and oxygen atoms in total. The zero-order valence-corrected chi connectivity index (χ0v) is 6.37. The summed E-state index contributed by atoms with van der Waals surface area (Å²) in [6.45, 7) is 0. The van der Waals surface area contributed by atoms with Crippen LogP contribution in [-0.4, -0.2) is 22.7 Å². The van der Waals surface area contributed by atoms with E-state index in [1.54, 1.807) is 12.3 Å². The van der Waals surface area contributed by atoms with E-state index in [2.05, 4.69) is 4.98 Å². The van der Waals surface area contributed by atoms with Crippen molar-refractivity contribution in [3.63, 3.8) is 0 Å². The molecule has 0 aliphatic heterocycles. The first-order valence-electron chi connectivity index (χ1n) is 2.48. The summed E-state index contributed by atoms with van der Waals surface area (Å²) in [5.41, 5.74) is 0. The Kier molecular flexibility index (Phi) is 2.43. The Morgan fingerprint density at radius 3 is 2.56 bits per heavy atom. The Morgan fingerprint density at radius 2 is 2.11 bits per heavy atom. The fourth-order valence-electron chi connectivity index (χ4n) is 0.517. The second kappa shape index (κ2) is 2.94. The molecule has 4 heteroatoms. The number of hydrogen-bond acceptors (Lipinski definition) is 1. The average molecular weight is 154 g/mol. The van der Waals surface area contributed by atoms with Crippen LogP contribution in [0.4, 0.5) is 0 Å². The molecule has 0 fully saturated rings. The van der Waals surface area contributed by atoms with Crippen LogP contribution in [-0.2, 0) is 0 Å². The van der Waals surface area contributed by atoms with Crippen LogP contribution in [0, 0.1) is 0 Å². The van der Waals surface area contributed by atoms with Crippen molar-refractivity contribution in [2.45, 2.75) is 0 Å². The minimum absolute atomic E-state index is 0.363. The monoisotopic (exact) mass is 153 g/mol. The Hall–Kier alpha value is 0.327. The number of halogens is 2. The molecule has 0 unspecified atom stereocenters. The number of rotatable bonds is 0. The van der Waals surface area contributed by atoms with Crippen molar-refractivity contribution in [1.29, 1.82) is 0 Å². The van der Waals surface area contributed by atoms with Gasteiger partial charge in [-0.1, -0.05) is 0 Å². The number of hydrogen-bond donors (Lipinski definition) is 0. The predicted molar refractivity (Wildman–Crippen MR) is 39.6 cm³/mol. The van der Waals surface area contributed by atoms with E-state index < -0.39 is 0 Å². The number of aromatic nitrogens is 1. The Bertz CT molecular complexity index is 226. The summed E-state index contributed by atoms with van der Waals surface area (Å²) in [6.07, 6.45) is 1.67. The van der Waals surface area contributed by atoms with E-state index in [0.717, 1.165) is 4.24 Å². The fraction of sp³-hybridized carbons (Fsp3) is 0. The molecule has 1 rings (SSSR count). The number of pyridine rings is 1. The molecule has 1 aromatic rings. The molecule has 9 heavy (non-hydrogen) atoms. The minimum atomic E-state index is 0.363. The molecule has 0 atom stereocenters. The molecule has 1 heterocycles. The zero-order chi connectivity index (χ0) is 6.85. The van der Waals surface area contributed by atoms with Gasteiger partial charge in [-0.25, -0.2) is 0 Å². The van der Waals surface area contributed by atoms with Gasteiger partial charge in [-0.3, -0.25) is 0 Å². The molecule has 0 aliphatic rings. The molecule has 0 saturated heterocycles. The van der Waals surface area contributed by atoms with Crippen molar-refractivity contribution in [3.8, 4) is 0 Å². The molecule has 0 radical (unpaired) electrons. The third-order valence-corrected chi connectivity index (χ3v) is 1.62. The van der Waals surface area contributed by atoms with Gasteiger partial charge in [-0.2, -0.15) is 0 Å². The topological polar surface area (TPSA) is 12.9 Å². The van der Waals surface area contributed by atoms with Crippen LogP contribution in [0.1, 0.15) is 0 Å². The SMILES string of the molecule is [Li][c]1cnc(Cl)c(Cl)c1. The third-order valence-electron chi connectivity index (χ3n) is 0.933. The summed E-state index contributed by atoms with van der Waals surface area (Å²) < 4.78 is 1.02. The Morgan fingerprint density at radius 1 is 1.44 bits per heavy atom. The Labute approximate surface area is 72.6 Å². The first kappa shape index (κ1) is 7.43. The third kappa shape index (κ3) is 1.88. The van der Waals surface area contributed by atoms with Gasteiger partial charge in [-0.15, -0.1) is 0 Å². The maximum atomic E-state index is 5.62. The summed E-state index contributed by atoms with van der Waals surface area (Å²) in [6, 6.07) is 1.77. The van der Waals surface area contributed by atoms with Gasteiger partial charge in [0.05, 0.1) is 0 Å². The maximum absolute atomic E-state index is 5.62. The molecule has 1 aromatic heterocycles. The molecule has 0 N–H and O–H groups in total. The van der Waals surface area contributed by atoms with Crippen molar-refractivity contribution in [1.82, 2.24) is 4.98 Å². The molecule has 0 spiro atoms. The molecule has 42 valence electrons. The van der Waals surface area contributed by atoms with E-state index in [1.165, 1.54) is 0 Å². The average Bonchev–Trinajstić information content (AvgIpc) is 1.80. The first-order valence-corrected chi connectivity index (χ1v) is 3.23. The molecule has 0 bridgehead atoms. The van der Waals surface area contributed by atoms with E-state index in [1.807, 2.05) is 17.7 Å². The standard InChI is InChI=1S/C5H2Cl2N.Li/c6-4-2-1-3-8-5(4)7;/h2-3H;. The van der Waals surface area contributed by atoms with Gasteiger partial charge in [0.2, 0.25) is 0 Å². The van der Waals surface area contributed by atoms with Crippen LogP contribution in [0.3, 0.4) is 0 Å². The molecular weight excluding hydrogens is 152 g/mol. The molecule has 0 aliphatic carbocycles. The number of nitrogens with zero attached hydrogens (tertiary/aromatic N) is 1. The van der Waals surface area contributed by atoms with Crippen molar-refractivity contribution < 1.29 is 0 Å². The molecule has 0 amide bonds. The van der Waals surface area contributed by atoms with Crippen LogP contribution < -0.4 is 4.24 Å². The zero-order valence-electron chi connectivity index (χ0n) is 4.86. The predicted octanol–water partition coefficient (Wildman–Crippen LogP) is 1.18. The van der Waals surface area contributed by atoms with E-state index >= 15 is 0 Å². The Balaban J connectivity index is 3.17. The van der Waals surface area contributed by atoms with Gasteiger partial charge in [0.15, 0.2) is 0 Å². The first-order chi connectivity index (χ1) is 4.20. The van der Waals surface area contributed by atoms with E-state index in [0.29, 0.717) is 10.2 Å². The van der Waals surface area contributed by atoms with Crippen LogP contribution in [0.25, 0.3) is 0 Å². The van der Waals surface area contributed by atoms with Crippen LogP contribution in [0.2, 0.25) is 10.2 Å². The van der Waals surface area contributed by atoms with Crippen molar-refractivity contribution >= 4 is 45.2 Å². The van der Waals surface area contributed by atoms with Gasteiger partial charge < -0.3 is 0 Å². The van der Waals surface area contributed by atoms with Crippen molar-refractivity contribution in [2.75, 3.05) is 0 Å². The van der Waals surface area contributed by atoms with E-state index in [4.69, 9.17) is 23.2 Å². The van der Waals surface area contributed by atoms with Crippen molar-refractivity contribution in [2.24, 2.45) is 0 Å². The summed E-state index contributed by atoms with van der Waals surface area (Å²) in [4.78, 5) is 3.81. The van der Waals surface area contributed by atoms with Gasteiger partial charge in [-0.05, 0) is 0 Å². The van der Waals surface area contributed by atoms with Crippen LogP contribution in [0.5, 0.6) is 0 Å². The summed E-state index contributed by atoms with van der Waals surface area (Å²) in [7, 11) is 0. The molecule has 0 saturated carbocycles. The summed E-state index contributed by atoms with van der Waals surface area (Å²) in [5.74, 6) is 0. The molecule has 0 aromatic carbocycles. The summed E-state index contributed by atoms with van der Waals surface area (Å²) >= 11 is 13.1. The van der Waals surface area contributed by atoms with E-state index in [9.17, 15) is 0 Å². The fourth-order valence-corrected chi connectivity index (χ4v) is 0.841. The quantitative estimate of drug-likeness (QED) is 0.403. The van der Waals surface area contributed by atoms with Gasteiger partial charge >= 0.3 is 72.6 Å². The second-order valence-electron chi connectivity index (χ2n) is 1.79. The van der Waals surface area contributed by atoms with Crippen LogP contribution >= 0.6 is 23.2 Å². The van der Waals surface area contributed by atoms with Crippen LogP contribution in [0.15, 0.2) is 12.3 Å².